The molecule has 4 aliphatic carbocycles. The van der Waals surface area contributed by atoms with Crippen LogP contribution in [0.4, 0.5) is 5.69 Å². The maximum atomic E-state index is 12.4. The van der Waals surface area contributed by atoms with Gasteiger partial charge < -0.3 is 15.4 Å². The van der Waals surface area contributed by atoms with E-state index in [1.54, 1.807) is 7.11 Å². The highest BCUT2D eigenvalue weighted by Crippen LogP contribution is 2.61. The van der Waals surface area contributed by atoms with Gasteiger partial charge in [-0.05, 0) is 80.8 Å². The number of hydrogen-bond donors (Lipinski definition) is 2. The quantitative estimate of drug-likeness (QED) is 0.826. The molecule has 0 heterocycles. The molecule has 1 aromatic carbocycles. The van der Waals surface area contributed by atoms with Crippen LogP contribution in [0.2, 0.25) is 0 Å². The van der Waals surface area contributed by atoms with E-state index in [4.69, 9.17) is 4.74 Å². The van der Waals surface area contributed by atoms with Crippen LogP contribution in [-0.4, -0.2) is 25.6 Å². The zero-order valence-electron chi connectivity index (χ0n) is 15.4. The summed E-state index contributed by atoms with van der Waals surface area (Å²) in [6.45, 7) is 2.66. The summed E-state index contributed by atoms with van der Waals surface area (Å²) in [5, 5.41) is 6.51. The van der Waals surface area contributed by atoms with Crippen molar-refractivity contribution in [3.05, 3.63) is 24.3 Å². The van der Waals surface area contributed by atoms with E-state index in [1.165, 1.54) is 38.5 Å². The third-order valence-corrected chi connectivity index (χ3v) is 6.95. The molecule has 4 bridgehead atoms. The number of nitrogens with one attached hydrogen (secondary N) is 2. The van der Waals surface area contributed by atoms with E-state index in [1.807, 2.05) is 24.3 Å². The monoisotopic (exact) mass is 342 g/mol. The Kier molecular flexibility index (Phi) is 4.48. The van der Waals surface area contributed by atoms with E-state index in [9.17, 15) is 4.79 Å². The molecule has 4 heteroatoms. The minimum Gasteiger partial charge on any atom is -0.495 e. The highest BCUT2D eigenvalue weighted by atomic mass is 16.5. The van der Waals surface area contributed by atoms with Crippen LogP contribution in [0.1, 0.15) is 45.4 Å². The number of ether oxygens (including phenoxy) is 1. The Hall–Kier alpha value is -1.55. The van der Waals surface area contributed by atoms with Crippen molar-refractivity contribution in [1.29, 1.82) is 0 Å². The summed E-state index contributed by atoms with van der Waals surface area (Å²) < 4.78 is 5.30. The van der Waals surface area contributed by atoms with E-state index in [0.29, 0.717) is 23.8 Å². The van der Waals surface area contributed by atoms with Crippen LogP contribution in [0.15, 0.2) is 24.3 Å². The predicted molar refractivity (Wildman–Crippen MR) is 99.7 cm³/mol. The van der Waals surface area contributed by atoms with Gasteiger partial charge in [0.15, 0.2) is 0 Å². The number of carbonyl (C=O) groups excluding carboxylic acids is 1. The first-order valence-electron chi connectivity index (χ1n) is 9.74. The third-order valence-electron chi connectivity index (χ3n) is 6.95. The summed E-state index contributed by atoms with van der Waals surface area (Å²) in [6.07, 6.45) is 8.46. The predicted octanol–water partition coefficient (Wildman–Crippen LogP) is 3.83. The number of anilines is 1. The normalized spacial score (nSPS) is 33.9. The van der Waals surface area contributed by atoms with E-state index < -0.39 is 0 Å². The minimum atomic E-state index is 0.000998. The Labute approximate surface area is 150 Å². The van der Waals surface area contributed by atoms with Crippen molar-refractivity contribution in [2.75, 3.05) is 19.0 Å². The zero-order valence-corrected chi connectivity index (χ0v) is 15.4. The van der Waals surface area contributed by atoms with Gasteiger partial charge in [0.25, 0.3) is 0 Å². The second kappa shape index (κ2) is 6.64. The van der Waals surface area contributed by atoms with Crippen molar-refractivity contribution >= 4 is 11.6 Å². The first-order valence-corrected chi connectivity index (χ1v) is 9.74. The molecule has 25 heavy (non-hydrogen) atoms. The molecule has 1 amide bonds. The Balaban J connectivity index is 1.34. The van der Waals surface area contributed by atoms with Gasteiger partial charge in [-0.3, -0.25) is 4.79 Å². The van der Waals surface area contributed by atoms with Gasteiger partial charge in [0.2, 0.25) is 5.91 Å². The molecule has 0 aromatic heterocycles. The molecule has 4 saturated carbocycles. The van der Waals surface area contributed by atoms with E-state index in [-0.39, 0.29) is 5.91 Å². The lowest BCUT2D eigenvalue weighted by atomic mass is 9.48. The summed E-state index contributed by atoms with van der Waals surface area (Å²) in [5.41, 5.74) is 1.17. The third kappa shape index (κ3) is 3.29. The largest absolute Gasteiger partial charge is 0.495 e. The Morgan fingerprint density at radius 2 is 1.76 bits per heavy atom. The van der Waals surface area contributed by atoms with Gasteiger partial charge in [-0.15, -0.1) is 0 Å². The first kappa shape index (κ1) is 16.9. The van der Waals surface area contributed by atoms with Gasteiger partial charge in [0.05, 0.1) is 19.3 Å². The number of amides is 1. The molecule has 4 fully saturated rings. The maximum Gasteiger partial charge on any atom is 0.238 e. The molecule has 0 aliphatic heterocycles. The van der Waals surface area contributed by atoms with Crippen LogP contribution in [0.5, 0.6) is 5.75 Å². The van der Waals surface area contributed by atoms with Crippen molar-refractivity contribution in [2.45, 2.75) is 51.5 Å². The highest BCUT2D eigenvalue weighted by molar-refractivity contribution is 5.93. The molecule has 0 unspecified atom stereocenters. The summed E-state index contributed by atoms with van der Waals surface area (Å²) >= 11 is 0. The van der Waals surface area contributed by atoms with Crippen molar-refractivity contribution < 1.29 is 9.53 Å². The topological polar surface area (TPSA) is 50.4 Å². The summed E-state index contributed by atoms with van der Waals surface area (Å²) in [5.74, 6) is 3.53. The van der Waals surface area contributed by atoms with Crippen LogP contribution in [-0.2, 0) is 4.79 Å². The van der Waals surface area contributed by atoms with Gasteiger partial charge >= 0.3 is 0 Å². The van der Waals surface area contributed by atoms with Gasteiger partial charge in [0, 0.05) is 6.04 Å². The fourth-order valence-electron chi connectivity index (χ4n) is 6.11. The lowest BCUT2D eigenvalue weighted by Gasteiger charge is -2.59. The Bertz CT molecular complexity index is 607. The molecular formula is C21H30N2O2. The van der Waals surface area contributed by atoms with Gasteiger partial charge in [-0.2, -0.15) is 0 Å². The van der Waals surface area contributed by atoms with Gasteiger partial charge in [-0.1, -0.05) is 12.1 Å². The number of carbonyl (C=O) groups is 1. The van der Waals surface area contributed by atoms with Crippen LogP contribution >= 0.6 is 0 Å². The number of methoxy groups -OCH3 is 1. The number of rotatable bonds is 6. The molecule has 0 spiro atoms. The van der Waals surface area contributed by atoms with Crippen molar-refractivity contribution in [3.63, 3.8) is 0 Å². The van der Waals surface area contributed by atoms with Crippen LogP contribution in [0, 0.1) is 23.2 Å². The maximum absolute atomic E-state index is 12.4. The minimum absolute atomic E-state index is 0.000998. The molecule has 4 nitrogen and oxygen atoms in total. The van der Waals surface area contributed by atoms with Crippen molar-refractivity contribution in [3.8, 4) is 5.75 Å². The average molecular weight is 342 g/mol. The number of para-hydroxylation sites is 2. The van der Waals surface area contributed by atoms with E-state index >= 15 is 0 Å². The number of hydrogen-bond acceptors (Lipinski definition) is 3. The summed E-state index contributed by atoms with van der Waals surface area (Å²) in [6, 6.07) is 7.95. The molecule has 136 valence electrons. The Morgan fingerprint density at radius 1 is 1.16 bits per heavy atom. The molecule has 1 atom stereocenters. The van der Waals surface area contributed by atoms with Crippen molar-refractivity contribution in [1.82, 2.24) is 5.32 Å². The smallest absolute Gasteiger partial charge is 0.238 e. The molecule has 4 aliphatic rings. The van der Waals surface area contributed by atoms with Gasteiger partial charge in [-0.25, -0.2) is 0 Å². The van der Waals surface area contributed by atoms with Crippen LogP contribution in [0.3, 0.4) is 0 Å². The van der Waals surface area contributed by atoms with E-state index in [0.717, 1.165) is 23.4 Å². The highest BCUT2D eigenvalue weighted by Gasteiger charge is 2.52. The molecular weight excluding hydrogens is 312 g/mol. The summed E-state index contributed by atoms with van der Waals surface area (Å²) in [7, 11) is 1.62. The average Bonchev–Trinajstić information content (AvgIpc) is 2.59. The number of benzene rings is 1. The fraction of sp³-hybridized carbons (Fsp3) is 0.667. The molecule has 2 N–H and O–H groups in total. The molecule has 0 saturated heterocycles. The second-order valence-corrected chi connectivity index (χ2v) is 8.63. The molecule has 1 aromatic rings. The lowest BCUT2D eigenvalue weighted by molar-refractivity contribution is -0.116. The van der Waals surface area contributed by atoms with Crippen molar-refractivity contribution in [2.24, 2.45) is 23.2 Å². The van der Waals surface area contributed by atoms with Gasteiger partial charge in [0.1, 0.15) is 5.75 Å². The van der Waals surface area contributed by atoms with Crippen LogP contribution < -0.4 is 15.4 Å². The SMILES string of the molecule is COc1ccccc1NC(=O)CN[C@@H](C)C12CC3CC(CC(C3)C1)C2. The lowest BCUT2D eigenvalue weighted by Crippen LogP contribution is -2.55. The first-order chi connectivity index (χ1) is 12.1. The Morgan fingerprint density at radius 3 is 2.36 bits per heavy atom. The summed E-state index contributed by atoms with van der Waals surface area (Å²) in [4.78, 5) is 12.4. The fourth-order valence-corrected chi connectivity index (χ4v) is 6.11. The van der Waals surface area contributed by atoms with Crippen LogP contribution in [0.25, 0.3) is 0 Å². The zero-order chi connectivity index (χ0) is 17.4. The van der Waals surface area contributed by atoms with E-state index in [2.05, 4.69) is 17.6 Å². The molecule has 5 rings (SSSR count). The standard InChI is InChI=1S/C21H30N2O2/c1-14(21-10-15-7-16(11-21)9-17(8-15)12-21)22-13-20(24)23-18-5-3-4-6-19(18)25-2/h3-6,14-17,22H,7-13H2,1-2H3,(H,23,24)/t14-,15?,16?,17?,21?/m0/s1. The second-order valence-electron chi connectivity index (χ2n) is 8.63. The molecule has 0 radical (unpaired) electrons.